The predicted molar refractivity (Wildman–Crippen MR) is 79.6 cm³/mol. The molecule has 21 heavy (non-hydrogen) atoms. The molecule has 0 unspecified atom stereocenters. The fraction of sp³-hybridized carbons (Fsp3) is 0.500. The lowest BCUT2D eigenvalue weighted by Crippen LogP contribution is -2.33. The van der Waals surface area contributed by atoms with Gasteiger partial charge in [-0.2, -0.15) is 0 Å². The third-order valence-electron chi connectivity index (χ3n) is 3.86. The number of likely N-dealkylation sites (tertiary alicyclic amines) is 1. The number of carbonyl (C=O) groups is 2. The number of ether oxygens (including phenoxy) is 1. The molecule has 1 N–H and O–H groups in total. The van der Waals surface area contributed by atoms with Gasteiger partial charge < -0.3 is 15.0 Å². The van der Waals surface area contributed by atoms with Crippen molar-refractivity contribution < 1.29 is 14.3 Å². The molecule has 1 saturated heterocycles. The Kier molecular flexibility index (Phi) is 5.33. The molecule has 0 aliphatic carbocycles. The van der Waals surface area contributed by atoms with E-state index in [1.165, 1.54) is 0 Å². The van der Waals surface area contributed by atoms with Crippen molar-refractivity contribution in [2.24, 2.45) is 5.92 Å². The number of nitrogens with one attached hydrogen (secondary N) is 1. The highest BCUT2D eigenvalue weighted by Crippen LogP contribution is 2.18. The molecule has 1 aliphatic heterocycles. The van der Waals surface area contributed by atoms with Gasteiger partial charge in [-0.15, -0.1) is 0 Å². The van der Waals surface area contributed by atoms with Gasteiger partial charge in [-0.3, -0.25) is 9.59 Å². The maximum Gasteiger partial charge on any atom is 0.225 e. The largest absolute Gasteiger partial charge is 0.383 e. The van der Waals surface area contributed by atoms with Crippen molar-refractivity contribution in [3.63, 3.8) is 0 Å². The number of hydrogen-bond acceptors (Lipinski definition) is 3. The number of hydrogen-bond donors (Lipinski definition) is 1. The SMILES string of the molecule is COCCN1C[C@@H](C(=O)NCc2ccccc2C)CC1=O. The highest BCUT2D eigenvalue weighted by atomic mass is 16.5. The zero-order valence-corrected chi connectivity index (χ0v) is 12.6. The number of carbonyl (C=O) groups excluding carboxylic acids is 2. The molecule has 0 radical (unpaired) electrons. The fourth-order valence-corrected chi connectivity index (χ4v) is 2.50. The molecule has 0 saturated carbocycles. The van der Waals surface area contributed by atoms with Crippen LogP contribution in [0, 0.1) is 12.8 Å². The van der Waals surface area contributed by atoms with E-state index in [4.69, 9.17) is 4.74 Å². The second kappa shape index (κ2) is 7.22. The van der Waals surface area contributed by atoms with Crippen LogP contribution in [0.15, 0.2) is 24.3 Å². The third-order valence-corrected chi connectivity index (χ3v) is 3.86. The van der Waals surface area contributed by atoms with Crippen molar-refractivity contribution in [2.75, 3.05) is 26.8 Å². The average molecular weight is 290 g/mol. The highest BCUT2D eigenvalue weighted by molar-refractivity contribution is 5.89. The van der Waals surface area contributed by atoms with Crippen molar-refractivity contribution in [1.29, 1.82) is 0 Å². The second-order valence-corrected chi connectivity index (χ2v) is 5.38. The van der Waals surface area contributed by atoms with Crippen LogP contribution in [-0.2, 0) is 20.9 Å². The van der Waals surface area contributed by atoms with E-state index in [9.17, 15) is 9.59 Å². The quantitative estimate of drug-likeness (QED) is 0.853. The Bertz CT molecular complexity index is 516. The summed E-state index contributed by atoms with van der Waals surface area (Å²) in [4.78, 5) is 25.7. The van der Waals surface area contributed by atoms with Crippen molar-refractivity contribution >= 4 is 11.8 Å². The first-order valence-corrected chi connectivity index (χ1v) is 7.20. The summed E-state index contributed by atoms with van der Waals surface area (Å²) in [6.45, 7) is 4.07. The summed E-state index contributed by atoms with van der Waals surface area (Å²) < 4.78 is 4.97. The summed E-state index contributed by atoms with van der Waals surface area (Å²) >= 11 is 0. The van der Waals surface area contributed by atoms with Gasteiger partial charge in [-0.25, -0.2) is 0 Å². The summed E-state index contributed by atoms with van der Waals surface area (Å²) in [5.41, 5.74) is 2.26. The molecule has 5 heteroatoms. The molecular weight excluding hydrogens is 268 g/mol. The molecule has 1 heterocycles. The lowest BCUT2D eigenvalue weighted by molar-refractivity contribution is -0.129. The molecule has 2 amide bonds. The van der Waals surface area contributed by atoms with Gasteiger partial charge >= 0.3 is 0 Å². The molecule has 2 rings (SSSR count). The molecule has 0 spiro atoms. The molecular formula is C16H22N2O3. The molecule has 114 valence electrons. The van der Waals surface area contributed by atoms with Crippen LogP contribution in [0.1, 0.15) is 17.5 Å². The van der Waals surface area contributed by atoms with Crippen LogP contribution in [0.4, 0.5) is 0 Å². The minimum atomic E-state index is -0.252. The van der Waals surface area contributed by atoms with E-state index in [-0.39, 0.29) is 17.7 Å². The first-order chi connectivity index (χ1) is 10.1. The van der Waals surface area contributed by atoms with E-state index in [1.54, 1.807) is 12.0 Å². The number of aryl methyl sites for hydroxylation is 1. The van der Waals surface area contributed by atoms with Crippen molar-refractivity contribution in [3.05, 3.63) is 35.4 Å². The molecule has 0 aromatic heterocycles. The van der Waals surface area contributed by atoms with E-state index in [0.717, 1.165) is 11.1 Å². The number of rotatable bonds is 6. The molecule has 1 aromatic rings. The normalized spacial score (nSPS) is 18.1. The van der Waals surface area contributed by atoms with Crippen molar-refractivity contribution in [1.82, 2.24) is 10.2 Å². The van der Waals surface area contributed by atoms with E-state index >= 15 is 0 Å². The fourth-order valence-electron chi connectivity index (χ4n) is 2.50. The Morgan fingerprint density at radius 2 is 2.19 bits per heavy atom. The lowest BCUT2D eigenvalue weighted by atomic mass is 10.1. The van der Waals surface area contributed by atoms with Crippen LogP contribution in [0.2, 0.25) is 0 Å². The van der Waals surface area contributed by atoms with Crippen molar-refractivity contribution in [3.8, 4) is 0 Å². The lowest BCUT2D eigenvalue weighted by Gasteiger charge is -2.16. The summed E-state index contributed by atoms with van der Waals surface area (Å²) in [5, 5.41) is 2.93. The molecule has 0 bridgehead atoms. The number of amides is 2. The van der Waals surface area contributed by atoms with Gasteiger partial charge in [0, 0.05) is 33.2 Å². The first kappa shape index (κ1) is 15.5. The van der Waals surface area contributed by atoms with E-state index in [1.807, 2.05) is 31.2 Å². The van der Waals surface area contributed by atoms with Gasteiger partial charge in [-0.05, 0) is 18.1 Å². The Balaban J connectivity index is 1.84. The monoisotopic (exact) mass is 290 g/mol. The highest BCUT2D eigenvalue weighted by Gasteiger charge is 2.33. The third kappa shape index (κ3) is 4.04. The number of nitrogens with zero attached hydrogens (tertiary/aromatic N) is 1. The smallest absolute Gasteiger partial charge is 0.225 e. The van der Waals surface area contributed by atoms with Crippen LogP contribution in [0.3, 0.4) is 0 Å². The number of methoxy groups -OCH3 is 1. The minimum Gasteiger partial charge on any atom is -0.383 e. The molecule has 1 fully saturated rings. The Morgan fingerprint density at radius 1 is 1.43 bits per heavy atom. The second-order valence-electron chi connectivity index (χ2n) is 5.38. The maximum absolute atomic E-state index is 12.2. The van der Waals surface area contributed by atoms with E-state index in [2.05, 4.69) is 5.32 Å². The Hall–Kier alpha value is -1.88. The zero-order chi connectivity index (χ0) is 15.2. The summed E-state index contributed by atoms with van der Waals surface area (Å²) in [5.74, 6) is -0.270. The van der Waals surface area contributed by atoms with Gasteiger partial charge in [-0.1, -0.05) is 24.3 Å². The zero-order valence-electron chi connectivity index (χ0n) is 12.6. The van der Waals surface area contributed by atoms with Gasteiger partial charge in [0.2, 0.25) is 11.8 Å². The average Bonchev–Trinajstić information content (AvgIpc) is 2.85. The van der Waals surface area contributed by atoms with Gasteiger partial charge in [0.05, 0.1) is 12.5 Å². The van der Waals surface area contributed by atoms with Crippen LogP contribution in [0.25, 0.3) is 0 Å². The van der Waals surface area contributed by atoms with Crippen molar-refractivity contribution in [2.45, 2.75) is 19.9 Å². The topological polar surface area (TPSA) is 58.6 Å². The Morgan fingerprint density at radius 3 is 2.90 bits per heavy atom. The van der Waals surface area contributed by atoms with E-state index < -0.39 is 0 Å². The minimum absolute atomic E-state index is 0.0306. The first-order valence-electron chi connectivity index (χ1n) is 7.20. The molecule has 1 aliphatic rings. The summed E-state index contributed by atoms with van der Waals surface area (Å²) in [6.07, 6.45) is 0.295. The molecule has 5 nitrogen and oxygen atoms in total. The van der Waals surface area contributed by atoms with Gasteiger partial charge in [0.1, 0.15) is 0 Å². The van der Waals surface area contributed by atoms with Crippen LogP contribution < -0.4 is 5.32 Å². The van der Waals surface area contributed by atoms with E-state index in [0.29, 0.717) is 32.7 Å². The van der Waals surface area contributed by atoms with Crippen LogP contribution in [0.5, 0.6) is 0 Å². The summed E-state index contributed by atoms with van der Waals surface area (Å²) in [7, 11) is 1.60. The van der Waals surface area contributed by atoms with Crippen LogP contribution in [-0.4, -0.2) is 43.5 Å². The standard InChI is InChI=1S/C16H22N2O3/c1-12-5-3-4-6-13(12)10-17-16(20)14-9-15(19)18(11-14)7-8-21-2/h3-6,14H,7-11H2,1-2H3,(H,17,20)/t14-/m0/s1. The Labute approximate surface area is 125 Å². The predicted octanol–water partition coefficient (Wildman–Crippen LogP) is 1.11. The maximum atomic E-state index is 12.2. The molecule has 1 atom stereocenters. The summed E-state index contributed by atoms with van der Waals surface area (Å²) in [6, 6.07) is 7.96. The number of benzene rings is 1. The van der Waals surface area contributed by atoms with Gasteiger partial charge in [0.25, 0.3) is 0 Å². The van der Waals surface area contributed by atoms with Gasteiger partial charge in [0.15, 0.2) is 0 Å². The molecule has 1 aromatic carbocycles. The van der Waals surface area contributed by atoms with Crippen LogP contribution >= 0.6 is 0 Å².